The van der Waals surface area contributed by atoms with Gasteiger partial charge in [0.1, 0.15) is 27.7 Å². The van der Waals surface area contributed by atoms with Gasteiger partial charge >= 0.3 is 6.03 Å². The molecule has 10 heteroatoms. The van der Waals surface area contributed by atoms with Crippen molar-refractivity contribution in [3.8, 4) is 12.1 Å². The average Bonchev–Trinajstić information content (AvgIpc) is 3.16. The molecule has 1 saturated heterocycles. The van der Waals surface area contributed by atoms with Crippen molar-refractivity contribution in [2.24, 2.45) is 4.99 Å². The van der Waals surface area contributed by atoms with E-state index >= 15 is 0 Å². The summed E-state index contributed by atoms with van der Waals surface area (Å²) in [6, 6.07) is 15.0. The Kier molecular flexibility index (Phi) is 5.60. The number of urea groups is 1. The molecule has 2 heterocycles. The fourth-order valence-electron chi connectivity index (χ4n) is 4.85. The van der Waals surface area contributed by atoms with Crippen molar-refractivity contribution in [1.82, 2.24) is 4.31 Å². The Morgan fingerprint density at radius 1 is 1.11 bits per heavy atom. The van der Waals surface area contributed by atoms with Gasteiger partial charge in [0.25, 0.3) is 10.0 Å². The van der Waals surface area contributed by atoms with E-state index in [2.05, 4.69) is 11.1 Å². The Labute approximate surface area is 219 Å². The first kappa shape index (κ1) is 24.5. The highest BCUT2D eigenvalue weighted by Gasteiger charge is 2.63. The Morgan fingerprint density at radius 3 is 2.49 bits per heavy atom. The number of anilines is 1. The van der Waals surface area contributed by atoms with Gasteiger partial charge in [0, 0.05) is 5.69 Å². The number of rotatable bonds is 4. The maximum Gasteiger partial charge on any atom is 0.340 e. The van der Waals surface area contributed by atoms with Crippen LogP contribution >= 0.6 is 11.6 Å². The molecule has 1 aliphatic carbocycles. The first-order chi connectivity index (χ1) is 17.6. The van der Waals surface area contributed by atoms with E-state index in [1.807, 2.05) is 6.07 Å². The second kappa shape index (κ2) is 8.45. The smallest absolute Gasteiger partial charge is 0.276 e. The Bertz CT molecular complexity index is 1640. The van der Waals surface area contributed by atoms with E-state index < -0.39 is 33.1 Å². The number of amides is 2. The largest absolute Gasteiger partial charge is 0.340 e. The van der Waals surface area contributed by atoms with Gasteiger partial charge in [-0.25, -0.2) is 22.5 Å². The highest BCUT2D eigenvalue weighted by molar-refractivity contribution is 7.89. The molecular formula is C27H20ClN5O3S. The molecule has 2 atom stereocenters. The van der Waals surface area contributed by atoms with Crippen molar-refractivity contribution in [1.29, 1.82) is 10.5 Å². The van der Waals surface area contributed by atoms with Crippen LogP contribution in [0.3, 0.4) is 0 Å². The Morgan fingerprint density at radius 2 is 1.81 bits per heavy atom. The number of nitriles is 2. The molecule has 8 nitrogen and oxygen atoms in total. The highest BCUT2D eigenvalue weighted by Crippen LogP contribution is 2.49. The topological polar surface area (TPSA) is 118 Å². The zero-order chi connectivity index (χ0) is 26.6. The molecule has 184 valence electrons. The number of carbonyl (C=O) groups is 1. The van der Waals surface area contributed by atoms with Crippen LogP contribution in [0, 0.1) is 22.7 Å². The molecule has 0 bridgehead atoms. The predicted octanol–water partition coefficient (Wildman–Crippen LogP) is 4.76. The van der Waals surface area contributed by atoms with Gasteiger partial charge in [-0.1, -0.05) is 48.0 Å². The van der Waals surface area contributed by atoms with E-state index in [1.165, 1.54) is 29.2 Å². The molecule has 2 aromatic carbocycles. The van der Waals surface area contributed by atoms with E-state index in [9.17, 15) is 23.7 Å². The summed E-state index contributed by atoms with van der Waals surface area (Å²) >= 11 is 6.20. The van der Waals surface area contributed by atoms with Gasteiger partial charge in [0.05, 0.1) is 22.7 Å². The van der Waals surface area contributed by atoms with Crippen LogP contribution in [0.2, 0.25) is 0 Å². The molecule has 0 N–H and O–H groups in total. The summed E-state index contributed by atoms with van der Waals surface area (Å²) in [4.78, 5) is 19.7. The van der Waals surface area contributed by atoms with Crippen LogP contribution < -0.4 is 4.90 Å². The molecule has 5 rings (SSSR count). The maximum absolute atomic E-state index is 14.1. The lowest BCUT2D eigenvalue weighted by atomic mass is 9.81. The van der Waals surface area contributed by atoms with Gasteiger partial charge in [-0.05, 0) is 61.9 Å². The van der Waals surface area contributed by atoms with Crippen LogP contribution in [-0.2, 0) is 15.4 Å². The lowest BCUT2D eigenvalue weighted by molar-refractivity contribution is 0.236. The van der Waals surface area contributed by atoms with Gasteiger partial charge in [-0.15, -0.1) is 0 Å². The van der Waals surface area contributed by atoms with E-state index in [-0.39, 0.29) is 15.6 Å². The fraction of sp³-hybridized carbons (Fsp3) is 0.185. The van der Waals surface area contributed by atoms with E-state index in [1.54, 1.807) is 68.5 Å². The van der Waals surface area contributed by atoms with Crippen molar-refractivity contribution >= 4 is 38.5 Å². The number of benzene rings is 2. The van der Waals surface area contributed by atoms with Crippen LogP contribution in [0.15, 0.2) is 94.5 Å². The Balaban J connectivity index is 1.72. The van der Waals surface area contributed by atoms with E-state index in [0.717, 1.165) is 9.87 Å². The van der Waals surface area contributed by atoms with Crippen molar-refractivity contribution in [2.45, 2.75) is 35.7 Å². The van der Waals surface area contributed by atoms with Gasteiger partial charge < -0.3 is 0 Å². The van der Waals surface area contributed by atoms with Crippen LogP contribution in [-0.4, -0.2) is 35.5 Å². The minimum Gasteiger partial charge on any atom is -0.276 e. The first-order valence-corrected chi connectivity index (χ1v) is 13.1. The molecule has 2 aliphatic heterocycles. The zero-order valence-corrected chi connectivity index (χ0v) is 21.4. The number of sulfonamides is 1. The number of dihydropyridines is 1. The third-order valence-electron chi connectivity index (χ3n) is 6.78. The molecule has 2 amide bonds. The monoisotopic (exact) mass is 529 g/mol. The van der Waals surface area contributed by atoms with Crippen LogP contribution in [0.4, 0.5) is 10.5 Å². The normalized spacial score (nSPS) is 22.5. The van der Waals surface area contributed by atoms with E-state index in [0.29, 0.717) is 11.4 Å². The number of aliphatic imine (C=N–C) groups is 1. The molecule has 3 aliphatic rings. The number of hydrogen-bond donors (Lipinski definition) is 0. The quantitative estimate of drug-likeness (QED) is 0.566. The lowest BCUT2D eigenvalue weighted by Crippen LogP contribution is -2.53. The van der Waals surface area contributed by atoms with Gasteiger partial charge in [-0.2, -0.15) is 10.5 Å². The number of hydrogen-bond acceptors (Lipinski definition) is 6. The number of carbonyl (C=O) groups excluding carboxylic acids is 1. The molecule has 0 aromatic heterocycles. The summed E-state index contributed by atoms with van der Waals surface area (Å²) in [6.07, 6.45) is 8.17. The summed E-state index contributed by atoms with van der Waals surface area (Å²) in [6.45, 7) is 3.57. The molecule has 0 saturated carbocycles. The second-order valence-electron chi connectivity index (χ2n) is 9.29. The highest BCUT2D eigenvalue weighted by atomic mass is 35.5. The van der Waals surface area contributed by atoms with Crippen molar-refractivity contribution in [2.75, 3.05) is 4.90 Å². The second-order valence-corrected chi connectivity index (χ2v) is 11.5. The average molecular weight is 530 g/mol. The third-order valence-corrected chi connectivity index (χ3v) is 8.81. The molecule has 1 fully saturated rings. The predicted molar refractivity (Wildman–Crippen MR) is 139 cm³/mol. The Hall–Kier alpha value is -4.18. The van der Waals surface area contributed by atoms with E-state index in [4.69, 9.17) is 11.6 Å². The third kappa shape index (κ3) is 3.51. The lowest BCUT2D eigenvalue weighted by Gasteiger charge is -2.41. The number of nitrogens with zero attached hydrogens (tertiary/aromatic N) is 5. The van der Waals surface area contributed by atoms with Crippen molar-refractivity contribution in [3.63, 3.8) is 0 Å². The molecule has 2 aromatic rings. The number of halogens is 1. The molecule has 2 unspecified atom stereocenters. The summed E-state index contributed by atoms with van der Waals surface area (Å²) in [5.41, 5.74) is -0.587. The summed E-state index contributed by atoms with van der Waals surface area (Å²) in [5.74, 6) is 0. The zero-order valence-electron chi connectivity index (χ0n) is 19.8. The number of allylic oxidation sites excluding steroid dienone is 3. The molecular weight excluding hydrogens is 510 g/mol. The minimum absolute atomic E-state index is 0.0679. The van der Waals surface area contributed by atoms with Crippen LogP contribution in [0.1, 0.15) is 25.0 Å². The maximum atomic E-state index is 14.1. The fourth-order valence-corrected chi connectivity index (χ4v) is 6.68. The van der Waals surface area contributed by atoms with Gasteiger partial charge in [0.15, 0.2) is 0 Å². The van der Waals surface area contributed by atoms with Gasteiger partial charge in [0.2, 0.25) is 0 Å². The van der Waals surface area contributed by atoms with Crippen molar-refractivity contribution in [3.05, 3.63) is 95.7 Å². The van der Waals surface area contributed by atoms with Crippen molar-refractivity contribution < 1.29 is 13.2 Å². The summed E-state index contributed by atoms with van der Waals surface area (Å²) in [5, 5.41) is 19.3. The molecule has 1 spiro atoms. The van der Waals surface area contributed by atoms with Gasteiger partial charge in [-0.3, -0.25) is 4.90 Å². The minimum atomic E-state index is -4.46. The van der Waals surface area contributed by atoms with Crippen LogP contribution in [0.25, 0.3) is 0 Å². The SMILES string of the molecule is CC(C)(C#N)c1ccc(N2C(=O)N(S(=O)(=O)c3ccccc3C#N)C3C=CC=C4N=C(Cl)C=CC432)cc1. The molecule has 37 heavy (non-hydrogen) atoms. The standard InChI is InChI=1S/C27H20ClN5O3S/c1-26(2,17-30)19-10-12-20(13-11-19)32-25(34)33(37(35,36)21-7-4-3-6-18(21)16-29)23-9-5-8-22-27(23,32)15-14-24(28)31-22/h3-15,23H,1-2H3. The summed E-state index contributed by atoms with van der Waals surface area (Å²) in [7, 11) is -4.46. The molecule has 0 radical (unpaired) electrons. The summed E-state index contributed by atoms with van der Waals surface area (Å²) < 4.78 is 28.7. The van der Waals surface area contributed by atoms with Crippen LogP contribution in [0.5, 0.6) is 0 Å². The first-order valence-electron chi connectivity index (χ1n) is 11.3.